The summed E-state index contributed by atoms with van der Waals surface area (Å²) in [6.07, 6.45) is 2.25. The van der Waals surface area contributed by atoms with Gasteiger partial charge in [0.1, 0.15) is 29.6 Å². The lowest BCUT2D eigenvalue weighted by atomic mass is 9.87. The fourth-order valence-corrected chi connectivity index (χ4v) is 4.88. The van der Waals surface area contributed by atoms with E-state index in [1.54, 1.807) is 55.6 Å². The highest BCUT2D eigenvalue weighted by atomic mass is 35.5. The Bertz CT molecular complexity index is 1350. The average molecular weight is 521 g/mol. The lowest BCUT2D eigenvalue weighted by Crippen LogP contribution is -2.45. The van der Waals surface area contributed by atoms with E-state index in [1.165, 1.54) is 11.3 Å². The largest absolute Gasteiger partial charge is 0.497 e. The number of imide groups is 1. The van der Waals surface area contributed by atoms with Crippen molar-refractivity contribution in [2.75, 3.05) is 13.7 Å². The lowest BCUT2D eigenvalue weighted by molar-refractivity contribution is -0.140. The maximum atomic E-state index is 13.6. The summed E-state index contributed by atoms with van der Waals surface area (Å²) in [6.45, 7) is 1.35. The van der Waals surface area contributed by atoms with Crippen LogP contribution >= 0.6 is 11.6 Å². The minimum atomic E-state index is -1.27. The summed E-state index contributed by atoms with van der Waals surface area (Å²) < 4.78 is 10.8. The standard InChI is InChI=1S/C27H25ClN4O5/c1-3-27(18-8-12-20(36-2)13-9-18)25(34)31(26(35)29-27)16-24(33)32-22(23-5-4-14-37-23)15-21(30-32)17-6-10-19(28)11-7-17/h4-14,22H,3,15-16H2,1-2H3,(H,29,35)/t22-,27+/m1/s1. The van der Waals surface area contributed by atoms with Crippen molar-refractivity contribution in [1.29, 1.82) is 0 Å². The number of halogens is 1. The van der Waals surface area contributed by atoms with Gasteiger partial charge in [0, 0.05) is 11.4 Å². The van der Waals surface area contributed by atoms with Gasteiger partial charge in [-0.1, -0.05) is 42.8 Å². The second kappa shape index (κ2) is 9.74. The van der Waals surface area contributed by atoms with E-state index in [0.717, 1.165) is 10.5 Å². The predicted molar refractivity (Wildman–Crippen MR) is 136 cm³/mol. The summed E-state index contributed by atoms with van der Waals surface area (Å²) in [4.78, 5) is 41.0. The molecule has 0 radical (unpaired) electrons. The van der Waals surface area contributed by atoms with Crippen LogP contribution in [0.25, 0.3) is 0 Å². The summed E-state index contributed by atoms with van der Waals surface area (Å²) >= 11 is 6.02. The Balaban J connectivity index is 1.41. The van der Waals surface area contributed by atoms with Crippen molar-refractivity contribution in [3.05, 3.63) is 88.8 Å². The van der Waals surface area contributed by atoms with Gasteiger partial charge in [0.05, 0.1) is 19.1 Å². The Hall–Kier alpha value is -4.11. The summed E-state index contributed by atoms with van der Waals surface area (Å²) in [5, 5.41) is 9.25. The van der Waals surface area contributed by atoms with E-state index in [4.69, 9.17) is 20.8 Å². The molecule has 2 aromatic carbocycles. The molecule has 2 atom stereocenters. The molecule has 0 spiro atoms. The number of methoxy groups -OCH3 is 1. The van der Waals surface area contributed by atoms with Gasteiger partial charge < -0.3 is 14.5 Å². The number of hydrazone groups is 1. The number of carbonyl (C=O) groups excluding carboxylic acids is 3. The smallest absolute Gasteiger partial charge is 0.325 e. The van der Waals surface area contributed by atoms with Crippen LogP contribution in [0, 0.1) is 0 Å². The zero-order valence-corrected chi connectivity index (χ0v) is 21.1. The molecule has 0 aliphatic carbocycles. The number of ether oxygens (including phenoxy) is 1. The fourth-order valence-electron chi connectivity index (χ4n) is 4.75. The topological polar surface area (TPSA) is 104 Å². The molecule has 2 aliphatic heterocycles. The average Bonchev–Trinajstić information content (AvgIpc) is 3.65. The van der Waals surface area contributed by atoms with Crippen molar-refractivity contribution in [3.8, 4) is 5.75 Å². The van der Waals surface area contributed by atoms with Crippen LogP contribution in [0.3, 0.4) is 0 Å². The molecule has 9 nitrogen and oxygen atoms in total. The molecule has 5 rings (SSSR count). The number of nitrogens with one attached hydrogen (secondary N) is 1. The van der Waals surface area contributed by atoms with Crippen molar-refractivity contribution in [2.24, 2.45) is 5.10 Å². The molecule has 2 aliphatic rings. The van der Waals surface area contributed by atoms with Crippen molar-refractivity contribution in [2.45, 2.75) is 31.3 Å². The predicted octanol–water partition coefficient (Wildman–Crippen LogP) is 4.48. The molecule has 37 heavy (non-hydrogen) atoms. The van der Waals surface area contributed by atoms with Crippen molar-refractivity contribution < 1.29 is 23.5 Å². The Morgan fingerprint density at radius 3 is 2.51 bits per heavy atom. The highest BCUT2D eigenvalue weighted by Gasteiger charge is 2.52. The Morgan fingerprint density at radius 2 is 1.89 bits per heavy atom. The molecule has 0 saturated carbocycles. The number of amides is 4. The number of nitrogens with zero attached hydrogens (tertiary/aromatic N) is 3. The SMILES string of the molecule is CC[C@@]1(c2ccc(OC)cc2)NC(=O)N(CC(=O)N2N=C(c3ccc(Cl)cc3)C[C@@H]2c2ccco2)C1=O. The van der Waals surface area contributed by atoms with Crippen LogP contribution in [-0.4, -0.2) is 47.1 Å². The molecule has 3 heterocycles. The monoisotopic (exact) mass is 520 g/mol. The van der Waals surface area contributed by atoms with Gasteiger partial charge in [0.25, 0.3) is 11.8 Å². The third-order valence-corrected chi connectivity index (χ3v) is 7.05. The molecule has 1 aromatic heterocycles. The van der Waals surface area contributed by atoms with Crippen LogP contribution in [0.1, 0.15) is 42.7 Å². The molecular formula is C27H25ClN4O5. The molecule has 190 valence electrons. The first-order valence-electron chi connectivity index (χ1n) is 11.8. The highest BCUT2D eigenvalue weighted by Crippen LogP contribution is 2.36. The number of carbonyl (C=O) groups is 3. The minimum Gasteiger partial charge on any atom is -0.497 e. The van der Waals surface area contributed by atoms with Crippen LogP contribution in [-0.2, 0) is 15.1 Å². The van der Waals surface area contributed by atoms with Gasteiger partial charge in [-0.3, -0.25) is 14.5 Å². The first-order chi connectivity index (χ1) is 17.9. The second-order valence-corrected chi connectivity index (χ2v) is 9.27. The summed E-state index contributed by atoms with van der Waals surface area (Å²) in [5.74, 6) is 0.190. The van der Waals surface area contributed by atoms with E-state index in [9.17, 15) is 14.4 Å². The first-order valence-corrected chi connectivity index (χ1v) is 12.2. The van der Waals surface area contributed by atoms with Gasteiger partial charge in [-0.05, 0) is 53.9 Å². The number of hydrogen-bond donors (Lipinski definition) is 1. The third-order valence-electron chi connectivity index (χ3n) is 6.80. The Labute approximate surface area is 218 Å². The van der Waals surface area contributed by atoms with Gasteiger partial charge in [-0.25, -0.2) is 9.80 Å². The zero-order chi connectivity index (χ0) is 26.2. The first kappa shape index (κ1) is 24.6. The number of rotatable bonds is 7. The molecule has 1 saturated heterocycles. The van der Waals surface area contributed by atoms with Crippen LogP contribution in [0.2, 0.25) is 5.02 Å². The Morgan fingerprint density at radius 1 is 1.16 bits per heavy atom. The molecular weight excluding hydrogens is 496 g/mol. The van der Waals surface area contributed by atoms with Crippen molar-refractivity contribution >= 4 is 35.2 Å². The molecule has 10 heteroatoms. The highest BCUT2D eigenvalue weighted by molar-refractivity contribution is 6.30. The maximum Gasteiger partial charge on any atom is 0.325 e. The van der Waals surface area contributed by atoms with Gasteiger partial charge in [0.2, 0.25) is 0 Å². The van der Waals surface area contributed by atoms with Crippen molar-refractivity contribution in [3.63, 3.8) is 0 Å². The maximum absolute atomic E-state index is 13.6. The molecule has 0 unspecified atom stereocenters. The van der Waals surface area contributed by atoms with E-state index in [2.05, 4.69) is 10.4 Å². The normalized spacial score (nSPS) is 21.3. The minimum absolute atomic E-state index is 0.312. The van der Waals surface area contributed by atoms with Crippen LogP contribution in [0.4, 0.5) is 4.79 Å². The molecule has 1 N–H and O–H groups in total. The van der Waals surface area contributed by atoms with E-state index < -0.39 is 36.0 Å². The molecule has 3 aromatic rings. The van der Waals surface area contributed by atoms with Crippen LogP contribution in [0.15, 0.2) is 76.4 Å². The number of urea groups is 1. The summed E-state index contributed by atoms with van der Waals surface area (Å²) in [7, 11) is 1.55. The zero-order valence-electron chi connectivity index (χ0n) is 20.3. The molecule has 1 fully saturated rings. The van der Waals surface area contributed by atoms with E-state index in [1.807, 2.05) is 19.1 Å². The van der Waals surface area contributed by atoms with Gasteiger partial charge in [-0.15, -0.1) is 0 Å². The third kappa shape index (κ3) is 4.35. The van der Waals surface area contributed by atoms with E-state index in [0.29, 0.717) is 40.6 Å². The number of furan rings is 1. The Kier molecular flexibility index (Phi) is 6.47. The van der Waals surface area contributed by atoms with Crippen molar-refractivity contribution in [1.82, 2.24) is 15.2 Å². The molecule has 4 amide bonds. The van der Waals surface area contributed by atoms with E-state index >= 15 is 0 Å². The quantitative estimate of drug-likeness (QED) is 0.463. The number of hydrogen-bond acceptors (Lipinski definition) is 6. The van der Waals surface area contributed by atoms with Gasteiger partial charge in [-0.2, -0.15) is 5.10 Å². The number of benzene rings is 2. The van der Waals surface area contributed by atoms with Crippen LogP contribution < -0.4 is 10.1 Å². The second-order valence-electron chi connectivity index (χ2n) is 8.84. The van der Waals surface area contributed by atoms with Crippen LogP contribution in [0.5, 0.6) is 5.75 Å². The fraction of sp³-hybridized carbons (Fsp3) is 0.259. The van der Waals surface area contributed by atoms with Gasteiger partial charge in [0.15, 0.2) is 0 Å². The summed E-state index contributed by atoms with van der Waals surface area (Å²) in [6, 6.07) is 16.5. The lowest BCUT2D eigenvalue weighted by Gasteiger charge is -2.26. The summed E-state index contributed by atoms with van der Waals surface area (Å²) in [5.41, 5.74) is 0.828. The van der Waals surface area contributed by atoms with Gasteiger partial charge >= 0.3 is 6.03 Å². The van der Waals surface area contributed by atoms with E-state index in [-0.39, 0.29) is 0 Å². The molecule has 0 bridgehead atoms.